The van der Waals surface area contributed by atoms with Gasteiger partial charge in [0, 0.05) is 15.5 Å². The lowest BCUT2D eigenvalue weighted by Crippen LogP contribution is -2.38. The third-order valence-corrected chi connectivity index (χ3v) is 4.55. The van der Waals surface area contributed by atoms with Crippen molar-refractivity contribution in [2.45, 2.75) is 59.3 Å². The standard InChI is InChI=1S/C14H28O2S/c1-8-9-10-16-12(13(2,3)4)11-17(15)14(5,6)7/h8-9,12H,10-11H2,1-7H3/b9-8+/t12-,17-/m0/s1. The highest BCUT2D eigenvalue weighted by Crippen LogP contribution is 2.25. The lowest BCUT2D eigenvalue weighted by Gasteiger charge is -2.32. The maximum Gasteiger partial charge on any atom is 0.0742 e. The van der Waals surface area contributed by atoms with Crippen LogP contribution in [0.2, 0.25) is 0 Å². The second-order valence-corrected chi connectivity index (χ2v) is 8.63. The summed E-state index contributed by atoms with van der Waals surface area (Å²) in [6.45, 7) is 15.0. The van der Waals surface area contributed by atoms with E-state index < -0.39 is 10.8 Å². The molecule has 2 nitrogen and oxygen atoms in total. The molecule has 0 heterocycles. The van der Waals surface area contributed by atoms with Crippen LogP contribution in [0.5, 0.6) is 0 Å². The molecule has 0 saturated carbocycles. The fraction of sp³-hybridized carbons (Fsp3) is 0.857. The summed E-state index contributed by atoms with van der Waals surface area (Å²) >= 11 is 0. The van der Waals surface area contributed by atoms with Crippen LogP contribution in [0, 0.1) is 5.41 Å². The van der Waals surface area contributed by atoms with Gasteiger partial charge in [-0.15, -0.1) is 0 Å². The van der Waals surface area contributed by atoms with Crippen molar-refractivity contribution in [3.63, 3.8) is 0 Å². The molecule has 0 N–H and O–H groups in total. The van der Waals surface area contributed by atoms with Crippen LogP contribution in [-0.2, 0) is 15.5 Å². The summed E-state index contributed by atoms with van der Waals surface area (Å²) in [5.74, 6) is 0.602. The van der Waals surface area contributed by atoms with E-state index in [-0.39, 0.29) is 16.3 Å². The minimum Gasteiger partial charge on any atom is -0.373 e. The maximum atomic E-state index is 12.2. The van der Waals surface area contributed by atoms with E-state index in [2.05, 4.69) is 20.8 Å². The van der Waals surface area contributed by atoms with Crippen LogP contribution >= 0.6 is 0 Å². The molecule has 0 aromatic carbocycles. The van der Waals surface area contributed by atoms with E-state index in [9.17, 15) is 4.21 Å². The maximum absolute atomic E-state index is 12.2. The second-order valence-electron chi connectivity index (χ2n) is 6.38. The molecule has 0 unspecified atom stereocenters. The first kappa shape index (κ1) is 16.9. The molecule has 0 saturated heterocycles. The van der Waals surface area contributed by atoms with Crippen molar-refractivity contribution in [3.05, 3.63) is 12.2 Å². The molecule has 2 atom stereocenters. The van der Waals surface area contributed by atoms with Gasteiger partial charge in [0.1, 0.15) is 0 Å². The van der Waals surface area contributed by atoms with Crippen LogP contribution in [0.15, 0.2) is 12.2 Å². The van der Waals surface area contributed by atoms with Crippen molar-refractivity contribution in [2.75, 3.05) is 12.4 Å². The molecular weight excluding hydrogens is 232 g/mol. The summed E-state index contributed by atoms with van der Waals surface area (Å²) in [4.78, 5) is 0. The molecule has 0 aromatic rings. The quantitative estimate of drug-likeness (QED) is 0.707. The average molecular weight is 260 g/mol. The third kappa shape index (κ3) is 6.99. The van der Waals surface area contributed by atoms with Gasteiger partial charge in [0.2, 0.25) is 0 Å². The second kappa shape index (κ2) is 6.69. The summed E-state index contributed by atoms with van der Waals surface area (Å²) in [5, 5.41) is 0. The van der Waals surface area contributed by atoms with Gasteiger partial charge in [-0.05, 0) is 33.1 Å². The zero-order chi connectivity index (χ0) is 13.7. The van der Waals surface area contributed by atoms with E-state index >= 15 is 0 Å². The van der Waals surface area contributed by atoms with Crippen molar-refractivity contribution in [3.8, 4) is 0 Å². The Bertz CT molecular complexity index is 269. The fourth-order valence-corrected chi connectivity index (χ4v) is 2.57. The van der Waals surface area contributed by atoms with Gasteiger partial charge in [-0.3, -0.25) is 4.21 Å². The number of hydrogen-bond acceptors (Lipinski definition) is 2. The number of allylic oxidation sites excluding steroid dienone is 1. The van der Waals surface area contributed by atoms with Crippen LogP contribution < -0.4 is 0 Å². The average Bonchev–Trinajstić information content (AvgIpc) is 2.13. The summed E-state index contributed by atoms with van der Waals surface area (Å²) in [7, 11) is -0.868. The number of ether oxygens (including phenoxy) is 1. The highest BCUT2D eigenvalue weighted by atomic mass is 32.2. The van der Waals surface area contributed by atoms with Crippen molar-refractivity contribution >= 4 is 10.8 Å². The smallest absolute Gasteiger partial charge is 0.0742 e. The van der Waals surface area contributed by atoms with Gasteiger partial charge in [0.25, 0.3) is 0 Å². The van der Waals surface area contributed by atoms with E-state index in [0.29, 0.717) is 12.4 Å². The summed E-state index contributed by atoms with van der Waals surface area (Å²) in [5.41, 5.74) is 0.0164. The molecule has 0 aliphatic rings. The van der Waals surface area contributed by atoms with Crippen molar-refractivity contribution in [1.29, 1.82) is 0 Å². The molecule has 0 fully saturated rings. The lowest BCUT2D eigenvalue weighted by molar-refractivity contribution is 0.0132. The van der Waals surface area contributed by atoms with E-state index in [1.165, 1.54) is 0 Å². The Kier molecular flexibility index (Phi) is 6.64. The molecule has 0 aromatic heterocycles. The zero-order valence-electron chi connectivity index (χ0n) is 12.4. The predicted octanol–water partition coefficient (Wildman–Crippen LogP) is 3.54. The topological polar surface area (TPSA) is 26.3 Å². The Labute approximate surface area is 109 Å². The Morgan fingerprint density at radius 2 is 1.71 bits per heavy atom. The molecular formula is C14H28O2S. The van der Waals surface area contributed by atoms with Gasteiger partial charge in [-0.1, -0.05) is 32.9 Å². The minimum absolute atomic E-state index is 0.0164. The highest BCUT2D eigenvalue weighted by Gasteiger charge is 2.30. The largest absolute Gasteiger partial charge is 0.373 e. The van der Waals surface area contributed by atoms with Crippen molar-refractivity contribution in [1.82, 2.24) is 0 Å². The van der Waals surface area contributed by atoms with Crippen molar-refractivity contribution < 1.29 is 8.95 Å². The number of rotatable bonds is 5. The summed E-state index contributed by atoms with van der Waals surface area (Å²) < 4.78 is 17.8. The molecule has 0 aliphatic carbocycles. The molecule has 17 heavy (non-hydrogen) atoms. The Morgan fingerprint density at radius 1 is 1.18 bits per heavy atom. The van der Waals surface area contributed by atoms with Gasteiger partial charge < -0.3 is 4.74 Å². The van der Waals surface area contributed by atoms with Gasteiger partial charge in [-0.2, -0.15) is 0 Å². The van der Waals surface area contributed by atoms with E-state index in [4.69, 9.17) is 4.74 Å². The molecule has 102 valence electrons. The molecule has 3 heteroatoms. The first-order chi connectivity index (χ1) is 7.59. The highest BCUT2D eigenvalue weighted by molar-refractivity contribution is 7.86. The van der Waals surface area contributed by atoms with Crippen LogP contribution in [0.25, 0.3) is 0 Å². The minimum atomic E-state index is -0.868. The van der Waals surface area contributed by atoms with Crippen LogP contribution in [0.3, 0.4) is 0 Å². The van der Waals surface area contributed by atoms with E-state index in [1.807, 2.05) is 39.8 Å². The van der Waals surface area contributed by atoms with Gasteiger partial charge in [0.05, 0.1) is 18.5 Å². The first-order valence-corrected chi connectivity index (χ1v) is 7.52. The Hall–Kier alpha value is -0.150. The summed E-state index contributed by atoms with van der Waals surface area (Å²) in [6, 6.07) is 0. The first-order valence-electron chi connectivity index (χ1n) is 6.20. The van der Waals surface area contributed by atoms with Crippen LogP contribution in [0.1, 0.15) is 48.5 Å². The SMILES string of the molecule is C/C=C/CO[C@@H](C[S@](=O)C(C)(C)C)C(C)(C)C. The van der Waals surface area contributed by atoms with Crippen LogP contribution in [0.4, 0.5) is 0 Å². The van der Waals surface area contributed by atoms with Gasteiger partial charge >= 0.3 is 0 Å². The third-order valence-electron chi connectivity index (χ3n) is 2.58. The normalized spacial score (nSPS) is 17.4. The lowest BCUT2D eigenvalue weighted by atomic mass is 9.90. The molecule has 0 spiro atoms. The molecule has 0 rings (SSSR count). The van der Waals surface area contributed by atoms with E-state index in [0.717, 1.165) is 0 Å². The van der Waals surface area contributed by atoms with Crippen LogP contribution in [-0.4, -0.2) is 27.4 Å². The molecule has 0 amide bonds. The monoisotopic (exact) mass is 260 g/mol. The van der Waals surface area contributed by atoms with Gasteiger partial charge in [-0.25, -0.2) is 0 Å². The van der Waals surface area contributed by atoms with Gasteiger partial charge in [0.15, 0.2) is 0 Å². The Morgan fingerprint density at radius 3 is 2.06 bits per heavy atom. The fourth-order valence-electron chi connectivity index (χ4n) is 1.20. The predicted molar refractivity (Wildman–Crippen MR) is 76.8 cm³/mol. The molecule has 0 bridgehead atoms. The molecule has 0 aliphatic heterocycles. The van der Waals surface area contributed by atoms with E-state index in [1.54, 1.807) is 0 Å². The zero-order valence-corrected chi connectivity index (χ0v) is 13.2. The molecule has 0 radical (unpaired) electrons. The summed E-state index contributed by atoms with van der Waals surface area (Å²) in [6.07, 6.45) is 3.98. The Balaban J connectivity index is 4.56. The van der Waals surface area contributed by atoms with Crippen molar-refractivity contribution in [2.24, 2.45) is 5.41 Å². The number of hydrogen-bond donors (Lipinski definition) is 0.